The summed E-state index contributed by atoms with van der Waals surface area (Å²) in [6.45, 7) is 4.54. The lowest BCUT2D eigenvalue weighted by Gasteiger charge is -2.11. The van der Waals surface area contributed by atoms with E-state index in [1.54, 1.807) is 12.1 Å². The van der Waals surface area contributed by atoms with Crippen LogP contribution in [0.3, 0.4) is 0 Å². The summed E-state index contributed by atoms with van der Waals surface area (Å²) >= 11 is 6.09. The number of nitrogen functional groups attached to an aromatic ring is 1. The second kappa shape index (κ2) is 6.53. The fourth-order valence-electron chi connectivity index (χ4n) is 1.88. The molecule has 0 aliphatic heterocycles. The Morgan fingerprint density at radius 2 is 1.75 bits per heavy atom. The van der Waals surface area contributed by atoms with Gasteiger partial charge in [0.15, 0.2) is 0 Å². The minimum Gasteiger partial charge on any atom is -0.492 e. The highest BCUT2D eigenvalue weighted by Crippen LogP contribution is 2.31. The van der Waals surface area contributed by atoms with Gasteiger partial charge in [0, 0.05) is 11.1 Å². The average Bonchev–Trinajstić information content (AvgIpc) is 2.45. The van der Waals surface area contributed by atoms with Crippen LogP contribution >= 0.6 is 11.6 Å². The molecule has 0 aromatic heterocycles. The van der Waals surface area contributed by atoms with Crippen LogP contribution < -0.4 is 15.2 Å². The van der Waals surface area contributed by atoms with E-state index in [2.05, 4.69) is 6.92 Å². The molecule has 20 heavy (non-hydrogen) atoms. The molecular formula is C16H18ClNO2. The average molecular weight is 292 g/mol. The van der Waals surface area contributed by atoms with Crippen molar-refractivity contribution in [3.8, 4) is 17.2 Å². The van der Waals surface area contributed by atoms with E-state index in [1.165, 1.54) is 0 Å². The number of nitrogens with two attached hydrogens (primary N) is 1. The Bertz CT molecular complexity index is 599. The van der Waals surface area contributed by atoms with Gasteiger partial charge in [0.25, 0.3) is 0 Å². The largest absolute Gasteiger partial charge is 0.492 e. The molecule has 0 saturated heterocycles. The van der Waals surface area contributed by atoms with E-state index in [0.29, 0.717) is 23.8 Å². The first kappa shape index (κ1) is 14.5. The normalized spacial score (nSPS) is 10.3. The Hall–Kier alpha value is -1.87. The molecule has 2 aromatic carbocycles. The van der Waals surface area contributed by atoms with Gasteiger partial charge in [-0.25, -0.2) is 0 Å². The maximum atomic E-state index is 6.09. The Labute approximate surface area is 124 Å². The molecule has 0 radical (unpaired) electrons. The van der Waals surface area contributed by atoms with Gasteiger partial charge in [0.1, 0.15) is 17.2 Å². The van der Waals surface area contributed by atoms with Crippen LogP contribution in [0.5, 0.6) is 17.2 Å². The molecule has 3 nitrogen and oxygen atoms in total. The Morgan fingerprint density at radius 1 is 1.05 bits per heavy atom. The van der Waals surface area contributed by atoms with Crippen molar-refractivity contribution in [1.82, 2.24) is 0 Å². The highest BCUT2D eigenvalue weighted by Gasteiger charge is 2.06. The number of ether oxygens (including phenoxy) is 2. The number of halogens is 1. The summed E-state index contributed by atoms with van der Waals surface area (Å²) in [5.41, 5.74) is 7.50. The summed E-state index contributed by atoms with van der Waals surface area (Å²) in [5.74, 6) is 2.07. The lowest BCUT2D eigenvalue weighted by molar-refractivity contribution is 0.340. The number of anilines is 1. The molecule has 4 heteroatoms. The van der Waals surface area contributed by atoms with E-state index in [0.717, 1.165) is 22.8 Å². The molecule has 2 aromatic rings. The van der Waals surface area contributed by atoms with Crippen LogP contribution in [-0.2, 0) is 6.42 Å². The molecule has 0 saturated carbocycles. The molecule has 0 atom stereocenters. The first-order chi connectivity index (χ1) is 9.63. The van der Waals surface area contributed by atoms with Gasteiger partial charge in [-0.1, -0.05) is 18.5 Å². The lowest BCUT2D eigenvalue weighted by Crippen LogP contribution is -1.97. The minimum absolute atomic E-state index is 0.564. The number of rotatable bonds is 5. The van der Waals surface area contributed by atoms with E-state index >= 15 is 0 Å². The van der Waals surface area contributed by atoms with E-state index in [-0.39, 0.29) is 0 Å². The third kappa shape index (κ3) is 3.36. The molecule has 0 unspecified atom stereocenters. The van der Waals surface area contributed by atoms with Crippen LogP contribution in [0.15, 0.2) is 36.4 Å². The van der Waals surface area contributed by atoms with Crippen molar-refractivity contribution in [3.63, 3.8) is 0 Å². The van der Waals surface area contributed by atoms with Crippen molar-refractivity contribution in [1.29, 1.82) is 0 Å². The maximum Gasteiger partial charge on any atom is 0.145 e. The molecule has 0 heterocycles. The number of aryl methyl sites for hydroxylation is 1. The van der Waals surface area contributed by atoms with Crippen LogP contribution in [-0.4, -0.2) is 6.61 Å². The fourth-order valence-corrected chi connectivity index (χ4v) is 2.13. The molecule has 0 fully saturated rings. The first-order valence-corrected chi connectivity index (χ1v) is 7.00. The standard InChI is InChI=1S/C16H18ClNO2/c1-3-11-9-12(5-7-14(11)17)20-13-6-8-15(18)16(10-13)19-4-2/h5-10H,3-4,18H2,1-2H3. The predicted molar refractivity (Wildman–Crippen MR) is 82.9 cm³/mol. The number of hydrogen-bond donors (Lipinski definition) is 1. The van der Waals surface area contributed by atoms with Crippen LogP contribution in [0.1, 0.15) is 19.4 Å². The summed E-state index contributed by atoms with van der Waals surface area (Å²) in [6, 6.07) is 11.0. The summed E-state index contributed by atoms with van der Waals surface area (Å²) in [6.07, 6.45) is 0.863. The number of benzene rings is 2. The third-order valence-electron chi connectivity index (χ3n) is 2.92. The minimum atomic E-state index is 0.564. The molecule has 0 aliphatic carbocycles. The molecule has 106 valence electrons. The summed E-state index contributed by atoms with van der Waals surface area (Å²) < 4.78 is 11.3. The summed E-state index contributed by atoms with van der Waals surface area (Å²) in [7, 11) is 0. The van der Waals surface area contributed by atoms with Crippen molar-refractivity contribution in [2.24, 2.45) is 0 Å². The highest BCUT2D eigenvalue weighted by atomic mass is 35.5. The Kier molecular flexibility index (Phi) is 4.74. The zero-order chi connectivity index (χ0) is 14.5. The van der Waals surface area contributed by atoms with Gasteiger partial charge in [0.05, 0.1) is 12.3 Å². The van der Waals surface area contributed by atoms with Gasteiger partial charge in [-0.3, -0.25) is 0 Å². The third-order valence-corrected chi connectivity index (χ3v) is 3.29. The van der Waals surface area contributed by atoms with Crippen LogP contribution in [0, 0.1) is 0 Å². The number of hydrogen-bond acceptors (Lipinski definition) is 3. The van der Waals surface area contributed by atoms with Gasteiger partial charge < -0.3 is 15.2 Å². The van der Waals surface area contributed by atoms with E-state index < -0.39 is 0 Å². The fraction of sp³-hybridized carbons (Fsp3) is 0.250. The molecule has 0 amide bonds. The SMILES string of the molecule is CCOc1cc(Oc2ccc(Cl)c(CC)c2)ccc1N. The van der Waals surface area contributed by atoms with Crippen LogP contribution in [0.4, 0.5) is 5.69 Å². The summed E-state index contributed by atoms with van der Waals surface area (Å²) in [5, 5.41) is 0.757. The Balaban J connectivity index is 2.23. The molecule has 2 rings (SSSR count). The topological polar surface area (TPSA) is 44.5 Å². The second-order valence-corrected chi connectivity index (χ2v) is 4.75. The molecular weight excluding hydrogens is 274 g/mol. The first-order valence-electron chi connectivity index (χ1n) is 6.62. The van der Waals surface area contributed by atoms with Gasteiger partial charge in [-0.2, -0.15) is 0 Å². The van der Waals surface area contributed by atoms with E-state index in [4.69, 9.17) is 26.8 Å². The predicted octanol–water partition coefficient (Wildman–Crippen LogP) is 4.68. The Morgan fingerprint density at radius 3 is 2.45 bits per heavy atom. The lowest BCUT2D eigenvalue weighted by atomic mass is 10.1. The van der Waals surface area contributed by atoms with Crippen LogP contribution in [0.2, 0.25) is 5.02 Å². The van der Waals surface area contributed by atoms with Crippen molar-refractivity contribution in [2.75, 3.05) is 12.3 Å². The van der Waals surface area contributed by atoms with Crippen molar-refractivity contribution >= 4 is 17.3 Å². The maximum absolute atomic E-state index is 6.09. The molecule has 0 aliphatic rings. The van der Waals surface area contributed by atoms with Crippen molar-refractivity contribution < 1.29 is 9.47 Å². The van der Waals surface area contributed by atoms with E-state index in [1.807, 2.05) is 31.2 Å². The monoisotopic (exact) mass is 291 g/mol. The van der Waals surface area contributed by atoms with Gasteiger partial charge in [-0.05, 0) is 49.2 Å². The van der Waals surface area contributed by atoms with E-state index in [9.17, 15) is 0 Å². The van der Waals surface area contributed by atoms with Gasteiger partial charge >= 0.3 is 0 Å². The van der Waals surface area contributed by atoms with Crippen molar-refractivity contribution in [2.45, 2.75) is 20.3 Å². The molecule has 0 bridgehead atoms. The van der Waals surface area contributed by atoms with Crippen molar-refractivity contribution in [3.05, 3.63) is 47.0 Å². The smallest absolute Gasteiger partial charge is 0.145 e. The quantitative estimate of drug-likeness (QED) is 0.814. The van der Waals surface area contributed by atoms with Gasteiger partial charge in [0.2, 0.25) is 0 Å². The zero-order valence-electron chi connectivity index (χ0n) is 11.7. The highest BCUT2D eigenvalue weighted by molar-refractivity contribution is 6.31. The second-order valence-electron chi connectivity index (χ2n) is 4.34. The van der Waals surface area contributed by atoms with Crippen LogP contribution in [0.25, 0.3) is 0 Å². The molecule has 0 spiro atoms. The van der Waals surface area contributed by atoms with Gasteiger partial charge in [-0.15, -0.1) is 0 Å². The zero-order valence-corrected chi connectivity index (χ0v) is 12.4. The summed E-state index contributed by atoms with van der Waals surface area (Å²) in [4.78, 5) is 0. The molecule has 2 N–H and O–H groups in total.